The van der Waals surface area contributed by atoms with E-state index < -0.39 is 5.97 Å². The van der Waals surface area contributed by atoms with Gasteiger partial charge in [0.2, 0.25) is 0 Å². The molecule has 1 aromatic carbocycles. The van der Waals surface area contributed by atoms with Crippen LogP contribution in [0.25, 0.3) is 11.4 Å². The summed E-state index contributed by atoms with van der Waals surface area (Å²) in [5.41, 5.74) is 0.493. The van der Waals surface area contributed by atoms with Gasteiger partial charge in [0.25, 0.3) is 0 Å². The normalized spacial score (nSPS) is 10.1. The van der Waals surface area contributed by atoms with E-state index in [0.717, 1.165) is 0 Å². The van der Waals surface area contributed by atoms with Gasteiger partial charge in [-0.1, -0.05) is 23.7 Å². The number of aromatic carboxylic acids is 1. The van der Waals surface area contributed by atoms with Crippen LogP contribution < -0.4 is 4.74 Å². The second-order valence-electron chi connectivity index (χ2n) is 3.44. The molecule has 0 bridgehead atoms. The summed E-state index contributed by atoms with van der Waals surface area (Å²) >= 11 is 5.77. The Morgan fingerprint density at radius 2 is 2.11 bits per heavy atom. The Labute approximate surface area is 108 Å². The maximum atomic E-state index is 10.9. The van der Waals surface area contributed by atoms with Crippen LogP contribution in [0.1, 0.15) is 10.5 Å². The van der Waals surface area contributed by atoms with E-state index >= 15 is 0 Å². The molecule has 92 valence electrons. The van der Waals surface area contributed by atoms with Crippen LogP contribution >= 0.6 is 11.6 Å². The Bertz CT molecular complexity index is 602. The third-order valence-corrected chi connectivity index (χ3v) is 2.44. The van der Waals surface area contributed by atoms with Crippen molar-refractivity contribution in [3.8, 4) is 17.1 Å². The summed E-state index contributed by atoms with van der Waals surface area (Å²) in [5, 5.41) is 8.99. The molecule has 0 aliphatic rings. The number of halogens is 1. The Balaban J connectivity index is 2.52. The molecular weight excluding hydrogens is 256 g/mol. The molecule has 0 saturated carbocycles. The monoisotopic (exact) mass is 264 g/mol. The minimum atomic E-state index is -1.15. The van der Waals surface area contributed by atoms with Crippen molar-refractivity contribution in [2.24, 2.45) is 0 Å². The lowest BCUT2D eigenvalue weighted by Crippen LogP contribution is -2.03. The zero-order chi connectivity index (χ0) is 13.1. The first-order valence-corrected chi connectivity index (χ1v) is 5.40. The largest absolute Gasteiger partial charge is 0.497 e. The second kappa shape index (κ2) is 5.01. The average molecular weight is 265 g/mol. The Morgan fingerprint density at radius 1 is 1.33 bits per heavy atom. The number of carbonyl (C=O) groups is 1. The van der Waals surface area contributed by atoms with Gasteiger partial charge in [-0.3, -0.25) is 0 Å². The maximum absolute atomic E-state index is 10.9. The lowest BCUT2D eigenvalue weighted by molar-refractivity contribution is 0.0690. The summed E-state index contributed by atoms with van der Waals surface area (Å²) < 4.78 is 5.08. The van der Waals surface area contributed by atoms with Crippen LogP contribution in [0.2, 0.25) is 5.15 Å². The number of aromatic nitrogens is 2. The van der Waals surface area contributed by atoms with Gasteiger partial charge in [-0.25, -0.2) is 14.8 Å². The molecule has 0 radical (unpaired) electrons. The second-order valence-corrected chi connectivity index (χ2v) is 3.82. The number of nitrogens with zero attached hydrogens (tertiary/aromatic N) is 2. The molecule has 0 aliphatic carbocycles. The van der Waals surface area contributed by atoms with Crippen LogP contribution in [0, 0.1) is 0 Å². The van der Waals surface area contributed by atoms with Gasteiger partial charge < -0.3 is 9.84 Å². The topological polar surface area (TPSA) is 72.3 Å². The zero-order valence-corrected chi connectivity index (χ0v) is 10.2. The van der Waals surface area contributed by atoms with E-state index in [9.17, 15) is 4.79 Å². The summed E-state index contributed by atoms with van der Waals surface area (Å²) in [4.78, 5) is 18.8. The highest BCUT2D eigenvalue weighted by molar-refractivity contribution is 6.29. The third kappa shape index (κ3) is 2.57. The van der Waals surface area contributed by atoms with Gasteiger partial charge in [0, 0.05) is 11.6 Å². The maximum Gasteiger partial charge on any atom is 0.354 e. The Hall–Kier alpha value is -2.14. The van der Waals surface area contributed by atoms with E-state index in [4.69, 9.17) is 21.4 Å². The molecule has 0 amide bonds. The minimum Gasteiger partial charge on any atom is -0.497 e. The van der Waals surface area contributed by atoms with Crippen molar-refractivity contribution in [2.75, 3.05) is 7.11 Å². The highest BCUT2D eigenvalue weighted by atomic mass is 35.5. The summed E-state index contributed by atoms with van der Waals surface area (Å²) in [7, 11) is 1.54. The molecule has 5 nitrogen and oxygen atoms in total. The summed E-state index contributed by atoms with van der Waals surface area (Å²) in [6.07, 6.45) is 0. The average Bonchev–Trinajstić information content (AvgIpc) is 2.38. The molecule has 18 heavy (non-hydrogen) atoms. The summed E-state index contributed by atoms with van der Waals surface area (Å²) in [5.74, 6) is -0.268. The molecule has 1 aromatic heterocycles. The Kier molecular flexibility index (Phi) is 3.43. The molecule has 0 saturated heterocycles. The van der Waals surface area contributed by atoms with Gasteiger partial charge in [0.15, 0.2) is 11.5 Å². The minimum absolute atomic E-state index is 0.0835. The number of hydrogen-bond acceptors (Lipinski definition) is 4. The van der Waals surface area contributed by atoms with Gasteiger partial charge in [-0.05, 0) is 12.1 Å². The number of benzene rings is 1. The van der Waals surface area contributed by atoms with Crippen molar-refractivity contribution >= 4 is 17.6 Å². The van der Waals surface area contributed by atoms with Crippen molar-refractivity contribution < 1.29 is 14.6 Å². The molecule has 0 atom stereocenters. The molecule has 1 N–H and O–H groups in total. The van der Waals surface area contributed by atoms with Crippen molar-refractivity contribution in [1.29, 1.82) is 0 Å². The van der Waals surface area contributed by atoms with E-state index in [1.54, 1.807) is 31.4 Å². The molecule has 0 fully saturated rings. The summed E-state index contributed by atoms with van der Waals surface area (Å²) in [6.45, 7) is 0. The van der Waals surface area contributed by atoms with Gasteiger partial charge in [0.1, 0.15) is 10.9 Å². The van der Waals surface area contributed by atoms with Crippen LogP contribution in [0.5, 0.6) is 5.75 Å². The molecule has 6 heteroatoms. The van der Waals surface area contributed by atoms with Crippen LogP contribution in [0.15, 0.2) is 30.3 Å². The van der Waals surface area contributed by atoms with Gasteiger partial charge in [-0.2, -0.15) is 0 Å². The standard InChI is InChI=1S/C12H9ClN2O3/c1-18-8-4-2-3-7(5-8)11-14-9(12(16)17)6-10(13)15-11/h2-6H,1H3,(H,16,17). The van der Waals surface area contributed by atoms with Crippen molar-refractivity contribution in [1.82, 2.24) is 9.97 Å². The SMILES string of the molecule is COc1cccc(-c2nc(Cl)cc(C(=O)O)n2)c1. The van der Waals surface area contributed by atoms with E-state index in [0.29, 0.717) is 11.3 Å². The number of carboxylic acids is 1. The molecule has 2 rings (SSSR count). The van der Waals surface area contributed by atoms with E-state index in [1.165, 1.54) is 6.07 Å². The van der Waals surface area contributed by atoms with Crippen LogP contribution in [-0.4, -0.2) is 28.2 Å². The van der Waals surface area contributed by atoms with Crippen LogP contribution in [-0.2, 0) is 0 Å². The first kappa shape index (κ1) is 12.3. The van der Waals surface area contributed by atoms with Gasteiger partial charge in [0.05, 0.1) is 7.11 Å². The van der Waals surface area contributed by atoms with Crippen LogP contribution in [0.3, 0.4) is 0 Å². The molecule has 1 heterocycles. The quantitative estimate of drug-likeness (QED) is 0.863. The molecule has 0 unspecified atom stereocenters. The van der Waals surface area contributed by atoms with Crippen molar-refractivity contribution in [2.45, 2.75) is 0 Å². The number of rotatable bonds is 3. The van der Waals surface area contributed by atoms with Crippen LogP contribution in [0.4, 0.5) is 0 Å². The van der Waals surface area contributed by atoms with Crippen molar-refractivity contribution in [3.63, 3.8) is 0 Å². The lowest BCUT2D eigenvalue weighted by Gasteiger charge is -2.04. The van der Waals surface area contributed by atoms with Gasteiger partial charge in [-0.15, -0.1) is 0 Å². The highest BCUT2D eigenvalue weighted by Gasteiger charge is 2.11. The number of ether oxygens (including phenoxy) is 1. The first-order valence-electron chi connectivity index (χ1n) is 5.02. The number of carboxylic acid groups (broad SMARTS) is 1. The highest BCUT2D eigenvalue weighted by Crippen LogP contribution is 2.22. The van der Waals surface area contributed by atoms with E-state index in [2.05, 4.69) is 9.97 Å². The smallest absolute Gasteiger partial charge is 0.354 e. The van der Waals surface area contributed by atoms with E-state index in [1.807, 2.05) is 0 Å². The fraction of sp³-hybridized carbons (Fsp3) is 0.0833. The summed E-state index contributed by atoms with van der Waals surface area (Å²) in [6, 6.07) is 8.19. The molecule has 0 spiro atoms. The third-order valence-electron chi connectivity index (χ3n) is 2.24. The zero-order valence-electron chi connectivity index (χ0n) is 9.42. The Morgan fingerprint density at radius 3 is 2.78 bits per heavy atom. The predicted molar refractivity (Wildman–Crippen MR) is 66.0 cm³/mol. The van der Waals surface area contributed by atoms with Crippen molar-refractivity contribution in [3.05, 3.63) is 41.2 Å². The molecule has 2 aromatic rings. The predicted octanol–water partition coefficient (Wildman–Crippen LogP) is 2.50. The molecular formula is C12H9ClN2O3. The molecule has 0 aliphatic heterocycles. The number of methoxy groups -OCH3 is 1. The fourth-order valence-corrected chi connectivity index (χ4v) is 1.60. The number of hydrogen-bond donors (Lipinski definition) is 1. The van der Waals surface area contributed by atoms with Gasteiger partial charge >= 0.3 is 5.97 Å². The lowest BCUT2D eigenvalue weighted by atomic mass is 10.2. The van der Waals surface area contributed by atoms with E-state index in [-0.39, 0.29) is 16.7 Å². The fourth-order valence-electron chi connectivity index (χ4n) is 1.42. The first-order chi connectivity index (χ1) is 8.60.